The number of non-ortho nitro benzene ring substituents is 1. The van der Waals surface area contributed by atoms with E-state index in [1.54, 1.807) is 41.3 Å². The first-order valence-corrected chi connectivity index (χ1v) is 24.1. The van der Waals surface area contributed by atoms with Gasteiger partial charge in [-0.15, -0.1) is 6.58 Å². The van der Waals surface area contributed by atoms with E-state index in [9.17, 15) is 25.1 Å². The van der Waals surface area contributed by atoms with Crippen molar-refractivity contribution < 1.29 is 58.0 Å². The van der Waals surface area contributed by atoms with E-state index in [2.05, 4.69) is 18.0 Å². The SMILES string of the molecule is C=CCOC12Oc3ccc(OC(=O)NCC)cc3C3C(CCCCO)C(CCCCO)C=C(C(=NOC4CCCCO4)CC1N(Cc1ccc4c(c1)OCO4)C(=O)C=Cc1ccc([N+](=O)[O-])cc1)C32. The normalized spacial score (nSPS) is 24.9. The first kappa shape index (κ1) is 49.2. The molecule has 2 aliphatic carbocycles. The van der Waals surface area contributed by atoms with Gasteiger partial charge in [0.15, 0.2) is 11.5 Å². The molecule has 1 saturated heterocycles. The number of allylic oxidation sites excluding steroid dienone is 1. The van der Waals surface area contributed by atoms with Gasteiger partial charge in [0.2, 0.25) is 24.8 Å². The Morgan fingerprint density at radius 2 is 1.78 bits per heavy atom. The van der Waals surface area contributed by atoms with E-state index in [4.69, 9.17) is 38.4 Å². The van der Waals surface area contributed by atoms with E-state index >= 15 is 4.79 Å². The maximum atomic E-state index is 15.3. The maximum Gasteiger partial charge on any atom is 0.412 e. The van der Waals surface area contributed by atoms with E-state index in [-0.39, 0.29) is 63.0 Å². The second-order valence-electron chi connectivity index (χ2n) is 17.9. The zero-order valence-corrected chi connectivity index (χ0v) is 39.0. The average Bonchev–Trinajstić information content (AvgIpc) is 3.83. The number of aliphatic hydroxyl groups is 2. The third kappa shape index (κ3) is 11.1. The molecule has 1 saturated carbocycles. The molecule has 69 heavy (non-hydrogen) atoms. The van der Waals surface area contributed by atoms with Crippen LogP contribution in [0.15, 0.2) is 96.2 Å². The highest BCUT2D eigenvalue weighted by Gasteiger charge is 2.65. The summed E-state index contributed by atoms with van der Waals surface area (Å²) in [5.41, 5.74) is 3.44. The number of ether oxygens (including phenoxy) is 6. The highest BCUT2D eigenvalue weighted by molar-refractivity contribution is 6.03. The second kappa shape index (κ2) is 22.9. The van der Waals surface area contributed by atoms with Gasteiger partial charge >= 0.3 is 6.09 Å². The Hall–Kier alpha value is -6.27. The van der Waals surface area contributed by atoms with Gasteiger partial charge < -0.3 is 53.7 Å². The number of amides is 2. The summed E-state index contributed by atoms with van der Waals surface area (Å²) in [4.78, 5) is 47.2. The van der Waals surface area contributed by atoms with Crippen LogP contribution in [0.2, 0.25) is 0 Å². The van der Waals surface area contributed by atoms with Gasteiger partial charge in [-0.2, -0.15) is 0 Å². The first-order valence-electron chi connectivity index (χ1n) is 24.1. The lowest BCUT2D eigenvalue weighted by atomic mass is 9.55. The second-order valence-corrected chi connectivity index (χ2v) is 17.9. The van der Waals surface area contributed by atoms with Crippen LogP contribution < -0.4 is 24.3 Å². The number of hydrogen-bond donors (Lipinski definition) is 3. The Morgan fingerprint density at radius 3 is 2.52 bits per heavy atom. The van der Waals surface area contributed by atoms with Gasteiger partial charge in [0.1, 0.15) is 17.5 Å². The third-order valence-corrected chi connectivity index (χ3v) is 13.6. The summed E-state index contributed by atoms with van der Waals surface area (Å²) in [6.45, 7) is 7.00. The van der Waals surface area contributed by atoms with Crippen LogP contribution in [0.1, 0.15) is 93.7 Å². The molecule has 0 spiro atoms. The van der Waals surface area contributed by atoms with Crippen LogP contribution >= 0.6 is 0 Å². The minimum Gasteiger partial charge on any atom is -0.459 e. The fourth-order valence-corrected chi connectivity index (χ4v) is 10.5. The van der Waals surface area contributed by atoms with Crippen LogP contribution in [0, 0.1) is 27.9 Å². The van der Waals surface area contributed by atoms with Crippen molar-refractivity contribution in [1.29, 1.82) is 0 Å². The lowest BCUT2D eigenvalue weighted by molar-refractivity contribution is -0.384. The van der Waals surface area contributed by atoms with Crippen molar-refractivity contribution in [3.05, 3.63) is 118 Å². The van der Waals surface area contributed by atoms with E-state index < -0.39 is 41.0 Å². The number of nitro groups is 1. The van der Waals surface area contributed by atoms with Crippen molar-refractivity contribution in [2.75, 3.05) is 39.8 Å². The zero-order valence-electron chi connectivity index (χ0n) is 39.0. The highest BCUT2D eigenvalue weighted by atomic mass is 16.8. The Labute approximate surface area is 401 Å². The maximum absolute atomic E-state index is 15.3. The Balaban J connectivity index is 1.34. The van der Waals surface area contributed by atoms with Gasteiger partial charge in [0.25, 0.3) is 5.69 Å². The van der Waals surface area contributed by atoms with Crippen molar-refractivity contribution in [2.24, 2.45) is 22.9 Å². The van der Waals surface area contributed by atoms with Crippen LogP contribution in [0.3, 0.4) is 0 Å². The van der Waals surface area contributed by atoms with E-state index in [1.807, 2.05) is 31.2 Å². The molecule has 0 aromatic heterocycles. The minimum absolute atomic E-state index is 0.0253. The fourth-order valence-electron chi connectivity index (χ4n) is 10.5. The van der Waals surface area contributed by atoms with Gasteiger partial charge in [0.05, 0.1) is 29.8 Å². The van der Waals surface area contributed by atoms with E-state index in [1.165, 1.54) is 18.2 Å². The molecular formula is C52H62N4O13. The van der Waals surface area contributed by atoms with E-state index in [0.717, 1.165) is 42.4 Å². The topological polar surface area (TPSA) is 210 Å². The number of oxime groups is 1. The number of aliphatic hydroxyl groups excluding tert-OH is 2. The molecule has 2 amide bonds. The first-order chi connectivity index (χ1) is 33.7. The van der Waals surface area contributed by atoms with Gasteiger partial charge in [-0.3, -0.25) is 14.9 Å². The summed E-state index contributed by atoms with van der Waals surface area (Å²) in [7, 11) is 0. The summed E-state index contributed by atoms with van der Waals surface area (Å²) in [6, 6.07) is 15.9. The molecule has 368 valence electrons. The predicted molar refractivity (Wildman–Crippen MR) is 255 cm³/mol. The summed E-state index contributed by atoms with van der Waals surface area (Å²) < 4.78 is 37.8. The smallest absolute Gasteiger partial charge is 0.412 e. The molecule has 3 aromatic rings. The Morgan fingerprint density at radius 1 is 1.00 bits per heavy atom. The summed E-state index contributed by atoms with van der Waals surface area (Å²) in [6.07, 6.45) is 12.5. The number of unbranched alkanes of at least 4 members (excludes halogenated alkanes) is 2. The molecule has 17 nitrogen and oxygen atoms in total. The number of nitrogens with zero attached hydrogens (tertiary/aromatic N) is 3. The van der Waals surface area contributed by atoms with Gasteiger partial charge in [0, 0.05) is 68.8 Å². The van der Waals surface area contributed by atoms with Crippen molar-refractivity contribution >= 4 is 29.5 Å². The quantitative estimate of drug-likeness (QED) is 0.0302. The molecule has 8 rings (SSSR count). The molecular weight excluding hydrogens is 889 g/mol. The molecule has 17 heteroatoms. The zero-order chi connectivity index (χ0) is 48.3. The molecule has 3 heterocycles. The summed E-state index contributed by atoms with van der Waals surface area (Å²) >= 11 is 0. The van der Waals surface area contributed by atoms with Gasteiger partial charge in [-0.25, -0.2) is 4.79 Å². The van der Waals surface area contributed by atoms with Crippen molar-refractivity contribution in [2.45, 2.75) is 102 Å². The fraction of sp³-hybridized carbons (Fsp3) is 0.481. The highest BCUT2D eigenvalue weighted by Crippen LogP contribution is 2.62. The summed E-state index contributed by atoms with van der Waals surface area (Å²) in [5, 5.41) is 39.1. The predicted octanol–water partition coefficient (Wildman–Crippen LogP) is 8.33. The number of rotatable bonds is 21. The number of hydrogen-bond acceptors (Lipinski definition) is 14. The van der Waals surface area contributed by atoms with Crippen molar-refractivity contribution in [3.63, 3.8) is 0 Å². The lowest BCUT2D eigenvalue weighted by Crippen LogP contribution is -2.70. The van der Waals surface area contributed by atoms with Crippen LogP contribution in [0.4, 0.5) is 10.5 Å². The molecule has 3 N–H and O–H groups in total. The molecule has 2 fully saturated rings. The number of fused-ring (bicyclic) bond motifs is 3. The monoisotopic (exact) mass is 950 g/mol. The number of carbonyl (C=O) groups excluding carboxylic acids is 2. The number of nitrogens with one attached hydrogen (secondary N) is 1. The van der Waals surface area contributed by atoms with Gasteiger partial charge in [-0.05, 0) is 123 Å². The van der Waals surface area contributed by atoms with Crippen LogP contribution in [-0.2, 0) is 25.7 Å². The van der Waals surface area contributed by atoms with Crippen molar-refractivity contribution in [3.8, 4) is 23.0 Å². The Kier molecular flexibility index (Phi) is 16.3. The molecule has 0 radical (unpaired) electrons. The van der Waals surface area contributed by atoms with Crippen molar-refractivity contribution in [1.82, 2.24) is 10.2 Å². The largest absolute Gasteiger partial charge is 0.459 e. The molecule has 0 bridgehead atoms. The van der Waals surface area contributed by atoms with Gasteiger partial charge in [-0.1, -0.05) is 36.2 Å². The molecule has 7 unspecified atom stereocenters. The molecule has 3 aliphatic heterocycles. The molecule has 3 aromatic carbocycles. The van der Waals surface area contributed by atoms with E-state index in [0.29, 0.717) is 79.5 Å². The molecule has 5 aliphatic rings. The third-order valence-electron chi connectivity index (χ3n) is 13.6. The number of nitro benzene ring substituents is 1. The number of carbonyl (C=O) groups is 2. The Bertz CT molecular complexity index is 2400. The van der Waals surface area contributed by atoms with Crippen LogP contribution in [0.5, 0.6) is 23.0 Å². The summed E-state index contributed by atoms with van der Waals surface area (Å²) in [5.74, 6) is -1.23. The molecule has 7 atom stereocenters. The van der Waals surface area contributed by atoms with Crippen LogP contribution in [-0.4, -0.2) is 95.6 Å². The number of benzene rings is 3. The lowest BCUT2D eigenvalue weighted by Gasteiger charge is -2.60. The standard InChI is InChI=1S/C52H62N4O13/c1-3-26-66-52-46(55(32-35-16-21-44-45(28-35)65-33-64-44)47(59)23-17-34-14-18-37(19-15-34)56(61)62)31-42(54-69-48-13-7-10-27-63-48)40-29-36(11-5-8-24-57)39(12-6-9-25-58)49(50(40)52)41-30-38(20-22-43(41)68-52)67-51(60)53-4-2/h3,14-23,28-30,36,39,46,48-50,57-58H,1,4-13,24-27,31-33H2,2H3,(H,53,60). The van der Waals surface area contributed by atoms with Crippen LogP contribution in [0.25, 0.3) is 6.08 Å². The minimum atomic E-state index is -1.60. The average molecular weight is 951 g/mol.